The lowest BCUT2D eigenvalue weighted by Gasteiger charge is -2.36. The van der Waals surface area contributed by atoms with Gasteiger partial charge in [0.25, 0.3) is 5.91 Å². The maximum absolute atomic E-state index is 13.2. The van der Waals surface area contributed by atoms with E-state index in [1.807, 2.05) is 37.4 Å². The molecule has 0 fully saturated rings. The molecule has 0 radical (unpaired) electrons. The van der Waals surface area contributed by atoms with E-state index >= 15 is 0 Å². The number of ether oxygens (including phenoxy) is 2. The lowest BCUT2D eigenvalue weighted by atomic mass is 9.80. The highest BCUT2D eigenvalue weighted by atomic mass is 19.1. The number of aliphatic hydroxyl groups excluding tert-OH is 1. The smallest absolute Gasteiger partial charge is 0.286 e. The van der Waals surface area contributed by atoms with Crippen molar-refractivity contribution < 1.29 is 28.6 Å². The Morgan fingerprint density at radius 1 is 1.17 bits per heavy atom. The van der Waals surface area contributed by atoms with Crippen molar-refractivity contribution in [3.05, 3.63) is 83.5 Å². The summed E-state index contributed by atoms with van der Waals surface area (Å²) >= 11 is 0. The number of carbonyl (C=O) groups excluding carboxylic acids is 2. The number of benzene rings is 2. The molecule has 1 amide bonds. The summed E-state index contributed by atoms with van der Waals surface area (Å²) in [6, 6.07) is 13.6. The van der Waals surface area contributed by atoms with Crippen LogP contribution < -0.4 is 5.32 Å². The minimum absolute atomic E-state index is 0.0198. The van der Waals surface area contributed by atoms with Crippen LogP contribution in [0.2, 0.25) is 0 Å². The Hall–Kier alpha value is -3.49. The molecule has 190 valence electrons. The monoisotopic (exact) mass is 494 g/mol. The van der Waals surface area contributed by atoms with Crippen LogP contribution in [-0.2, 0) is 20.8 Å². The summed E-state index contributed by atoms with van der Waals surface area (Å²) in [4.78, 5) is 25.5. The average Bonchev–Trinajstić information content (AvgIpc) is 3.27. The van der Waals surface area contributed by atoms with Crippen molar-refractivity contribution in [2.75, 3.05) is 13.2 Å². The molecule has 8 heteroatoms. The first-order chi connectivity index (χ1) is 17.4. The molecule has 2 heterocycles. The molecule has 4 rings (SSSR count). The van der Waals surface area contributed by atoms with Gasteiger partial charge in [-0.15, -0.1) is 0 Å². The molecule has 0 saturated heterocycles. The zero-order valence-corrected chi connectivity index (χ0v) is 20.4. The second-order valence-electron chi connectivity index (χ2n) is 8.83. The fraction of sp³-hybridized carbons (Fsp3) is 0.357. The van der Waals surface area contributed by atoms with Crippen molar-refractivity contribution in [3.63, 3.8) is 0 Å². The van der Waals surface area contributed by atoms with Gasteiger partial charge >= 0.3 is 0 Å². The molecular weight excluding hydrogens is 463 g/mol. The van der Waals surface area contributed by atoms with E-state index in [-0.39, 0.29) is 42.5 Å². The summed E-state index contributed by atoms with van der Waals surface area (Å²) < 4.78 is 26.8. The van der Waals surface area contributed by atoms with Crippen molar-refractivity contribution in [3.8, 4) is 0 Å². The zero-order chi connectivity index (χ0) is 25.7. The highest BCUT2D eigenvalue weighted by Crippen LogP contribution is 2.42. The standard InChI is InChI=1S/C28H31FN2O5/c1-3-35-28-22(8-6-14-32)23(24-17-31(18(2)33)25-9-5-4-7-21(24)25)15-26(36-28)27(34)30-16-19-10-12-20(29)13-11-19/h4-5,7,9-13,15,17,22-23,28,32H,3,6,8,14,16H2,1-2H3,(H,30,34)/t22-,23-,28+/m1/s1. The molecule has 1 aromatic heterocycles. The Bertz CT molecular complexity index is 1250. The minimum Gasteiger partial charge on any atom is -0.459 e. The predicted octanol–water partition coefficient (Wildman–Crippen LogP) is 4.51. The van der Waals surface area contributed by atoms with Crippen molar-refractivity contribution in [2.45, 2.75) is 45.4 Å². The number of rotatable bonds is 9. The average molecular weight is 495 g/mol. The van der Waals surface area contributed by atoms with E-state index in [0.717, 1.165) is 22.0 Å². The van der Waals surface area contributed by atoms with Crippen LogP contribution in [0.4, 0.5) is 4.39 Å². The van der Waals surface area contributed by atoms with Crippen LogP contribution >= 0.6 is 0 Å². The molecule has 3 atom stereocenters. The van der Waals surface area contributed by atoms with Crippen LogP contribution in [-0.4, -0.2) is 41.0 Å². The van der Waals surface area contributed by atoms with Gasteiger partial charge in [-0.3, -0.25) is 14.2 Å². The van der Waals surface area contributed by atoms with Gasteiger partial charge in [0, 0.05) is 50.1 Å². The SMILES string of the molecule is CCO[C@H]1OC(C(=O)NCc2ccc(F)cc2)=C[C@@H](c2cn(C(C)=O)c3ccccc23)[C@H]1CCCO. The molecule has 0 unspecified atom stereocenters. The third-order valence-corrected chi connectivity index (χ3v) is 6.44. The van der Waals surface area contributed by atoms with Crippen molar-refractivity contribution in [2.24, 2.45) is 5.92 Å². The third-order valence-electron chi connectivity index (χ3n) is 6.44. The Kier molecular flexibility index (Phi) is 8.18. The highest BCUT2D eigenvalue weighted by Gasteiger charge is 2.39. The minimum atomic E-state index is -0.706. The van der Waals surface area contributed by atoms with E-state index in [9.17, 15) is 19.1 Å². The van der Waals surface area contributed by atoms with Gasteiger partial charge in [-0.05, 0) is 55.2 Å². The number of allylic oxidation sites excluding steroid dienone is 1. The van der Waals surface area contributed by atoms with Gasteiger partial charge in [0.1, 0.15) is 5.82 Å². The molecule has 1 aliphatic heterocycles. The normalized spacial score (nSPS) is 19.6. The Labute approximate surface area is 209 Å². The molecule has 1 aliphatic rings. The van der Waals surface area contributed by atoms with Gasteiger partial charge in [0.2, 0.25) is 12.2 Å². The number of hydrogen-bond acceptors (Lipinski definition) is 5. The van der Waals surface area contributed by atoms with Crippen molar-refractivity contribution in [1.82, 2.24) is 9.88 Å². The van der Waals surface area contributed by atoms with Crippen LogP contribution in [0.15, 0.2) is 66.6 Å². The summed E-state index contributed by atoms with van der Waals surface area (Å²) in [5.41, 5.74) is 2.43. The summed E-state index contributed by atoms with van der Waals surface area (Å²) in [5.74, 6) is -1.22. The number of halogens is 1. The van der Waals surface area contributed by atoms with Gasteiger partial charge in [-0.1, -0.05) is 30.3 Å². The lowest BCUT2D eigenvalue weighted by Crippen LogP contribution is -2.39. The van der Waals surface area contributed by atoms with Gasteiger partial charge in [-0.25, -0.2) is 4.39 Å². The lowest BCUT2D eigenvalue weighted by molar-refractivity contribution is -0.166. The van der Waals surface area contributed by atoms with Crippen LogP contribution in [0.5, 0.6) is 0 Å². The number of nitrogens with one attached hydrogen (secondary N) is 1. The van der Waals surface area contributed by atoms with Crippen LogP contribution in [0, 0.1) is 11.7 Å². The van der Waals surface area contributed by atoms with Crippen molar-refractivity contribution in [1.29, 1.82) is 0 Å². The number of hydrogen-bond donors (Lipinski definition) is 2. The topological polar surface area (TPSA) is 89.8 Å². The Morgan fingerprint density at radius 2 is 1.92 bits per heavy atom. The number of para-hydroxylation sites is 1. The Balaban J connectivity index is 1.72. The van der Waals surface area contributed by atoms with E-state index in [2.05, 4.69) is 5.32 Å². The van der Waals surface area contributed by atoms with Gasteiger partial charge in [0.15, 0.2) is 5.76 Å². The molecule has 0 spiro atoms. The predicted molar refractivity (Wildman–Crippen MR) is 134 cm³/mol. The van der Waals surface area contributed by atoms with E-state index < -0.39 is 12.2 Å². The van der Waals surface area contributed by atoms with E-state index in [0.29, 0.717) is 19.4 Å². The molecule has 36 heavy (non-hydrogen) atoms. The number of aromatic nitrogens is 1. The molecule has 2 aromatic carbocycles. The molecular formula is C28H31FN2O5. The van der Waals surface area contributed by atoms with Crippen LogP contribution in [0.3, 0.4) is 0 Å². The molecule has 2 N–H and O–H groups in total. The molecule has 0 aliphatic carbocycles. The first-order valence-corrected chi connectivity index (χ1v) is 12.2. The van der Waals surface area contributed by atoms with Crippen LogP contribution in [0.1, 0.15) is 48.5 Å². The second kappa shape index (κ2) is 11.5. The zero-order valence-electron chi connectivity index (χ0n) is 20.4. The second-order valence-corrected chi connectivity index (χ2v) is 8.83. The quantitative estimate of drug-likeness (QED) is 0.457. The summed E-state index contributed by atoms with van der Waals surface area (Å²) in [6.07, 6.45) is 4.04. The maximum Gasteiger partial charge on any atom is 0.286 e. The number of fused-ring (bicyclic) bond motifs is 1. The highest BCUT2D eigenvalue weighted by molar-refractivity contribution is 5.95. The van der Waals surface area contributed by atoms with Crippen LogP contribution in [0.25, 0.3) is 10.9 Å². The summed E-state index contributed by atoms with van der Waals surface area (Å²) in [6.45, 7) is 3.98. The number of nitrogens with zero attached hydrogens (tertiary/aromatic N) is 1. The molecule has 3 aromatic rings. The van der Waals surface area contributed by atoms with Gasteiger partial charge in [0.05, 0.1) is 5.52 Å². The summed E-state index contributed by atoms with van der Waals surface area (Å²) in [5, 5.41) is 13.3. The molecule has 0 saturated carbocycles. The number of carbonyl (C=O) groups is 2. The van der Waals surface area contributed by atoms with E-state index in [4.69, 9.17) is 9.47 Å². The fourth-order valence-electron chi connectivity index (χ4n) is 4.73. The first kappa shape index (κ1) is 25.6. The Morgan fingerprint density at radius 3 is 2.61 bits per heavy atom. The largest absolute Gasteiger partial charge is 0.459 e. The fourth-order valence-corrected chi connectivity index (χ4v) is 4.73. The van der Waals surface area contributed by atoms with Crippen molar-refractivity contribution >= 4 is 22.7 Å². The maximum atomic E-state index is 13.2. The first-order valence-electron chi connectivity index (χ1n) is 12.2. The van der Waals surface area contributed by atoms with E-state index in [1.54, 1.807) is 22.8 Å². The number of aliphatic hydroxyl groups is 1. The molecule has 0 bridgehead atoms. The van der Waals surface area contributed by atoms with E-state index in [1.165, 1.54) is 19.1 Å². The summed E-state index contributed by atoms with van der Waals surface area (Å²) in [7, 11) is 0. The van der Waals surface area contributed by atoms with Gasteiger partial charge in [-0.2, -0.15) is 0 Å². The number of amides is 1. The molecule has 7 nitrogen and oxygen atoms in total. The third kappa shape index (κ3) is 5.50. The van der Waals surface area contributed by atoms with Gasteiger partial charge < -0.3 is 19.9 Å².